The highest BCUT2D eigenvalue weighted by Crippen LogP contribution is 2.37. The average Bonchev–Trinajstić information content (AvgIpc) is 2.86. The Labute approximate surface area is 159 Å². The van der Waals surface area contributed by atoms with Gasteiger partial charge in [0.2, 0.25) is 0 Å². The number of methoxy groups -OCH3 is 1. The highest BCUT2D eigenvalue weighted by atomic mass is 32.1. The normalized spacial score (nSPS) is 13.2. The summed E-state index contributed by atoms with van der Waals surface area (Å²) in [6.45, 7) is -0.488. The molecule has 8 nitrogen and oxygen atoms in total. The minimum atomic E-state index is -0.742. The fourth-order valence-corrected chi connectivity index (χ4v) is 4.21. The molecule has 1 N–H and O–H groups in total. The van der Waals surface area contributed by atoms with Crippen LogP contribution in [0.15, 0.2) is 18.6 Å². The fourth-order valence-electron chi connectivity index (χ4n) is 2.92. The summed E-state index contributed by atoms with van der Waals surface area (Å²) >= 11 is 1.38. The maximum atomic E-state index is 12.2. The minimum absolute atomic E-state index is 0.0170. The van der Waals surface area contributed by atoms with Crippen LogP contribution in [-0.4, -0.2) is 41.5 Å². The highest BCUT2D eigenvalue weighted by molar-refractivity contribution is 7.17. The van der Waals surface area contributed by atoms with Crippen molar-refractivity contribution in [1.29, 1.82) is 0 Å². The van der Waals surface area contributed by atoms with Crippen LogP contribution in [0.3, 0.4) is 0 Å². The summed E-state index contributed by atoms with van der Waals surface area (Å²) in [5, 5.41) is 3.11. The Morgan fingerprint density at radius 2 is 1.96 bits per heavy atom. The van der Waals surface area contributed by atoms with Gasteiger partial charge in [0.1, 0.15) is 5.00 Å². The van der Waals surface area contributed by atoms with E-state index >= 15 is 0 Å². The lowest BCUT2D eigenvalue weighted by Gasteiger charge is -2.08. The third-order valence-electron chi connectivity index (χ3n) is 4.17. The number of aryl methyl sites for hydroxylation is 1. The molecule has 9 heteroatoms. The van der Waals surface area contributed by atoms with Crippen molar-refractivity contribution in [3.8, 4) is 0 Å². The van der Waals surface area contributed by atoms with E-state index in [0.717, 1.165) is 42.5 Å². The number of rotatable bonds is 5. The number of anilines is 1. The van der Waals surface area contributed by atoms with Gasteiger partial charge in [-0.1, -0.05) is 6.42 Å². The van der Waals surface area contributed by atoms with Crippen LogP contribution in [0, 0.1) is 0 Å². The zero-order chi connectivity index (χ0) is 19.2. The quantitative estimate of drug-likeness (QED) is 0.618. The molecule has 0 saturated carbocycles. The molecule has 0 fully saturated rings. The van der Waals surface area contributed by atoms with Gasteiger partial charge in [-0.05, 0) is 31.2 Å². The second-order valence-electron chi connectivity index (χ2n) is 5.98. The van der Waals surface area contributed by atoms with Gasteiger partial charge in [-0.25, -0.2) is 14.6 Å². The summed E-state index contributed by atoms with van der Waals surface area (Å²) < 4.78 is 9.84. The fraction of sp³-hybridized carbons (Fsp3) is 0.389. The van der Waals surface area contributed by atoms with E-state index in [1.54, 1.807) is 0 Å². The second-order valence-corrected chi connectivity index (χ2v) is 7.08. The van der Waals surface area contributed by atoms with Crippen molar-refractivity contribution in [3.05, 3.63) is 40.3 Å². The molecule has 0 atom stereocenters. The van der Waals surface area contributed by atoms with Crippen molar-refractivity contribution in [3.63, 3.8) is 0 Å². The van der Waals surface area contributed by atoms with Gasteiger partial charge in [0.05, 0.1) is 18.9 Å². The van der Waals surface area contributed by atoms with Gasteiger partial charge >= 0.3 is 11.9 Å². The third kappa shape index (κ3) is 4.48. The first-order valence-corrected chi connectivity index (χ1v) is 9.37. The van der Waals surface area contributed by atoms with Crippen LogP contribution in [0.2, 0.25) is 0 Å². The van der Waals surface area contributed by atoms with Crippen molar-refractivity contribution in [2.24, 2.45) is 0 Å². The summed E-state index contributed by atoms with van der Waals surface area (Å²) in [6.07, 6.45) is 8.87. The lowest BCUT2D eigenvalue weighted by Crippen LogP contribution is -2.22. The predicted molar refractivity (Wildman–Crippen MR) is 97.9 cm³/mol. The van der Waals surface area contributed by atoms with Gasteiger partial charge < -0.3 is 14.8 Å². The average molecular weight is 389 g/mol. The van der Waals surface area contributed by atoms with Gasteiger partial charge in [-0.2, -0.15) is 0 Å². The molecule has 142 valence electrons. The molecule has 0 aromatic carbocycles. The molecule has 2 aromatic rings. The number of carbonyl (C=O) groups is 3. The number of ether oxygens (including phenoxy) is 2. The minimum Gasteiger partial charge on any atom is -0.465 e. The summed E-state index contributed by atoms with van der Waals surface area (Å²) in [7, 11) is 1.32. The Kier molecular flexibility index (Phi) is 6.12. The first-order chi connectivity index (χ1) is 13.1. The van der Waals surface area contributed by atoms with E-state index in [1.807, 2.05) is 0 Å². The Bertz CT molecular complexity index is 850. The molecule has 0 bridgehead atoms. The number of nitrogens with zero attached hydrogens (tertiary/aromatic N) is 2. The molecule has 2 aromatic heterocycles. The molecule has 0 saturated heterocycles. The van der Waals surface area contributed by atoms with Gasteiger partial charge in [-0.3, -0.25) is 9.78 Å². The SMILES string of the molecule is COC(=O)c1c(NC(=O)COC(=O)c2cnccn2)sc2c1CCCCC2. The Morgan fingerprint density at radius 1 is 1.15 bits per heavy atom. The van der Waals surface area contributed by atoms with Crippen LogP contribution in [0.4, 0.5) is 5.00 Å². The van der Waals surface area contributed by atoms with Gasteiger partial charge in [-0.15, -0.1) is 11.3 Å². The van der Waals surface area contributed by atoms with E-state index < -0.39 is 24.5 Å². The number of aromatic nitrogens is 2. The topological polar surface area (TPSA) is 107 Å². The van der Waals surface area contributed by atoms with Crippen LogP contribution >= 0.6 is 11.3 Å². The zero-order valence-electron chi connectivity index (χ0n) is 14.8. The number of nitrogens with one attached hydrogen (secondary N) is 1. The van der Waals surface area contributed by atoms with Crippen LogP contribution in [-0.2, 0) is 27.1 Å². The number of fused-ring (bicyclic) bond motifs is 1. The number of hydrogen-bond acceptors (Lipinski definition) is 8. The van der Waals surface area contributed by atoms with Crippen molar-refractivity contribution < 1.29 is 23.9 Å². The highest BCUT2D eigenvalue weighted by Gasteiger charge is 2.26. The van der Waals surface area contributed by atoms with Crippen molar-refractivity contribution >= 4 is 34.2 Å². The summed E-state index contributed by atoms with van der Waals surface area (Å²) in [4.78, 5) is 45.0. The number of amides is 1. The van der Waals surface area contributed by atoms with Gasteiger partial charge in [0.25, 0.3) is 5.91 Å². The Balaban J connectivity index is 1.70. The summed E-state index contributed by atoms with van der Waals surface area (Å²) in [6, 6.07) is 0. The zero-order valence-corrected chi connectivity index (χ0v) is 15.6. The molecule has 0 unspecified atom stereocenters. The number of thiophene rings is 1. The first-order valence-electron chi connectivity index (χ1n) is 8.56. The first kappa shape index (κ1) is 19.0. The monoisotopic (exact) mass is 389 g/mol. The summed E-state index contributed by atoms with van der Waals surface area (Å²) in [5.74, 6) is -1.75. The van der Waals surface area contributed by atoms with E-state index in [-0.39, 0.29) is 5.69 Å². The van der Waals surface area contributed by atoms with Crippen molar-refractivity contribution in [2.75, 3.05) is 19.0 Å². The van der Waals surface area contributed by atoms with E-state index in [1.165, 1.54) is 37.0 Å². The van der Waals surface area contributed by atoms with E-state index in [0.29, 0.717) is 10.6 Å². The van der Waals surface area contributed by atoms with Crippen LogP contribution in [0.5, 0.6) is 0 Å². The molecule has 0 spiro atoms. The van der Waals surface area contributed by atoms with E-state index in [4.69, 9.17) is 9.47 Å². The number of carbonyl (C=O) groups excluding carboxylic acids is 3. The third-order valence-corrected chi connectivity index (χ3v) is 5.38. The van der Waals surface area contributed by atoms with Gasteiger partial charge in [0, 0.05) is 17.3 Å². The predicted octanol–water partition coefficient (Wildman–Crippen LogP) is 2.39. The molecule has 1 amide bonds. The van der Waals surface area contributed by atoms with E-state index in [9.17, 15) is 14.4 Å². The number of esters is 2. The molecule has 27 heavy (non-hydrogen) atoms. The molecule has 2 heterocycles. The molecule has 1 aliphatic carbocycles. The standard InChI is InChI=1S/C18H19N3O5S/c1-25-18(24)15-11-5-3-2-4-6-13(11)27-16(15)21-14(22)10-26-17(23)12-9-19-7-8-20-12/h7-9H,2-6,10H2,1H3,(H,21,22). The maximum absolute atomic E-state index is 12.2. The molecule has 3 rings (SSSR count). The smallest absolute Gasteiger partial charge is 0.359 e. The Hall–Kier alpha value is -2.81. The maximum Gasteiger partial charge on any atom is 0.359 e. The Morgan fingerprint density at radius 3 is 2.70 bits per heavy atom. The van der Waals surface area contributed by atoms with Crippen molar-refractivity contribution in [1.82, 2.24) is 9.97 Å². The van der Waals surface area contributed by atoms with Crippen LogP contribution in [0.1, 0.15) is 50.5 Å². The summed E-state index contributed by atoms with van der Waals surface area (Å²) in [5.41, 5.74) is 1.38. The second kappa shape index (κ2) is 8.72. The largest absolute Gasteiger partial charge is 0.465 e. The number of hydrogen-bond donors (Lipinski definition) is 1. The molecule has 1 aliphatic rings. The molecule has 0 radical (unpaired) electrons. The van der Waals surface area contributed by atoms with Gasteiger partial charge in [0.15, 0.2) is 12.3 Å². The lowest BCUT2D eigenvalue weighted by atomic mass is 10.1. The van der Waals surface area contributed by atoms with E-state index in [2.05, 4.69) is 15.3 Å². The van der Waals surface area contributed by atoms with Crippen LogP contribution < -0.4 is 5.32 Å². The molecular formula is C18H19N3O5S. The molecule has 0 aliphatic heterocycles. The lowest BCUT2D eigenvalue weighted by molar-refractivity contribution is -0.119. The molecular weight excluding hydrogens is 370 g/mol. The van der Waals surface area contributed by atoms with Crippen LogP contribution in [0.25, 0.3) is 0 Å². The van der Waals surface area contributed by atoms with Crippen molar-refractivity contribution in [2.45, 2.75) is 32.1 Å².